The Balaban J connectivity index is 2.30. The first-order chi connectivity index (χ1) is 15.7. The number of aryl methyl sites for hydroxylation is 1. The summed E-state index contributed by atoms with van der Waals surface area (Å²) in [5, 5.41) is 0.428. The molecule has 3 aromatic carbocycles. The largest absolute Gasteiger partial charge is 0.496 e. The van der Waals surface area contributed by atoms with Gasteiger partial charge >= 0.3 is 0 Å². The normalized spacial score (nSPS) is 11.7. The molecule has 0 fully saturated rings. The molecule has 172 valence electrons. The van der Waals surface area contributed by atoms with Gasteiger partial charge in [-0.1, -0.05) is 29.3 Å². The minimum atomic E-state index is -4.20. The van der Waals surface area contributed by atoms with E-state index in [1.54, 1.807) is 24.3 Å². The fourth-order valence-corrected chi connectivity index (χ4v) is 4.67. The monoisotopic (exact) mass is 486 g/mol. The Morgan fingerprint density at radius 2 is 1.39 bits per heavy atom. The highest BCUT2D eigenvalue weighted by Gasteiger charge is 2.29. The van der Waals surface area contributed by atoms with Crippen LogP contribution in [0.5, 0.6) is 17.2 Å². The van der Waals surface area contributed by atoms with Gasteiger partial charge in [-0.05, 0) is 49.4 Å². The highest BCUT2D eigenvalue weighted by Crippen LogP contribution is 2.37. The van der Waals surface area contributed by atoms with Crippen molar-refractivity contribution in [2.24, 2.45) is 0 Å². The number of ketones is 1. The number of Topliss-reactive ketones (excluding diaryl/α,β-unsaturated/α-hetero) is 1. The smallest absolute Gasteiger partial charge is 0.210 e. The van der Waals surface area contributed by atoms with Crippen LogP contribution < -0.4 is 14.2 Å². The van der Waals surface area contributed by atoms with Crippen molar-refractivity contribution in [1.82, 2.24) is 0 Å². The van der Waals surface area contributed by atoms with Crippen LogP contribution in [-0.4, -0.2) is 35.5 Å². The topological polar surface area (TPSA) is 78.9 Å². The second-order valence-corrected chi connectivity index (χ2v) is 9.46. The Bertz CT molecular complexity index is 1270. The number of hydrogen-bond donors (Lipinski definition) is 0. The van der Waals surface area contributed by atoms with Gasteiger partial charge in [-0.3, -0.25) is 4.79 Å². The third-order valence-electron chi connectivity index (χ3n) is 4.98. The predicted octanol–water partition coefficient (Wildman–Crippen LogP) is 5.37. The first-order valence-electron chi connectivity index (χ1n) is 9.85. The first kappa shape index (κ1) is 24.4. The maximum atomic E-state index is 13.6. The van der Waals surface area contributed by atoms with E-state index >= 15 is 0 Å². The molecule has 0 aliphatic carbocycles. The van der Waals surface area contributed by atoms with Crippen molar-refractivity contribution in [3.63, 3.8) is 0 Å². The maximum absolute atomic E-state index is 13.6. The van der Waals surface area contributed by atoms with E-state index in [0.29, 0.717) is 10.8 Å². The van der Waals surface area contributed by atoms with Crippen LogP contribution in [0.15, 0.2) is 70.5 Å². The molecule has 0 aliphatic heterocycles. The van der Waals surface area contributed by atoms with Gasteiger partial charge in [0.1, 0.15) is 22.2 Å². The van der Waals surface area contributed by atoms with E-state index in [2.05, 4.69) is 0 Å². The summed E-state index contributed by atoms with van der Waals surface area (Å²) in [6, 6.07) is 15.5. The van der Waals surface area contributed by atoms with E-state index in [0.717, 1.165) is 5.56 Å². The maximum Gasteiger partial charge on any atom is 0.210 e. The Labute approximate surface area is 198 Å². The van der Waals surface area contributed by atoms with Gasteiger partial charge < -0.3 is 14.2 Å². The molecule has 0 saturated carbocycles. The van der Waals surface area contributed by atoms with E-state index in [1.807, 2.05) is 6.92 Å². The SMILES string of the molecule is COc1cc(OC)c(/C=C(\C(=O)c2ccc(Cl)cc2)S(=O)(=O)c2ccc(C)cc2)c(OC)c1. The Kier molecular flexibility index (Phi) is 7.46. The molecule has 0 N–H and O–H groups in total. The van der Waals surface area contributed by atoms with Gasteiger partial charge in [0.2, 0.25) is 15.6 Å². The molecule has 33 heavy (non-hydrogen) atoms. The summed E-state index contributed by atoms with van der Waals surface area (Å²) in [6.07, 6.45) is 1.27. The Morgan fingerprint density at radius 1 is 0.848 bits per heavy atom. The fraction of sp³-hybridized carbons (Fsp3) is 0.160. The summed E-state index contributed by atoms with van der Waals surface area (Å²) in [6.45, 7) is 1.85. The van der Waals surface area contributed by atoms with Gasteiger partial charge in [0, 0.05) is 22.7 Å². The molecule has 3 aromatic rings. The number of benzene rings is 3. The number of carbonyl (C=O) groups excluding carboxylic acids is 1. The predicted molar refractivity (Wildman–Crippen MR) is 128 cm³/mol. The number of hydrogen-bond acceptors (Lipinski definition) is 6. The number of carbonyl (C=O) groups is 1. The molecule has 0 spiro atoms. The zero-order valence-corrected chi connectivity index (χ0v) is 20.2. The molecule has 0 unspecified atom stereocenters. The number of methoxy groups -OCH3 is 3. The number of ether oxygens (including phenoxy) is 3. The van der Waals surface area contributed by atoms with Crippen molar-refractivity contribution < 1.29 is 27.4 Å². The third kappa shape index (κ3) is 5.21. The second kappa shape index (κ2) is 10.1. The molecular formula is C25H23ClO6S. The highest BCUT2D eigenvalue weighted by atomic mass is 35.5. The fourth-order valence-electron chi connectivity index (χ4n) is 3.16. The van der Waals surface area contributed by atoms with Crippen LogP contribution in [-0.2, 0) is 9.84 Å². The standard InChI is InChI=1S/C25H23ClO6S/c1-16-5-11-20(12-6-16)33(28,29)24(25(27)17-7-9-18(26)10-8-17)15-21-22(31-3)13-19(30-2)14-23(21)32-4/h5-15H,1-4H3/b24-15+. The van der Waals surface area contributed by atoms with Gasteiger partial charge in [0.05, 0.1) is 31.8 Å². The molecule has 0 heterocycles. The molecule has 0 atom stereocenters. The molecule has 0 radical (unpaired) electrons. The molecule has 0 amide bonds. The number of rotatable bonds is 8. The van der Waals surface area contributed by atoms with Crippen molar-refractivity contribution in [3.05, 3.63) is 87.3 Å². The van der Waals surface area contributed by atoms with E-state index in [-0.39, 0.29) is 27.5 Å². The van der Waals surface area contributed by atoms with Crippen molar-refractivity contribution in [2.45, 2.75) is 11.8 Å². The van der Waals surface area contributed by atoms with Crippen molar-refractivity contribution >= 4 is 33.3 Å². The number of allylic oxidation sites excluding steroid dienone is 1. The zero-order chi connectivity index (χ0) is 24.2. The summed E-state index contributed by atoms with van der Waals surface area (Å²) in [5.74, 6) is 0.332. The van der Waals surface area contributed by atoms with Gasteiger partial charge in [0.15, 0.2) is 0 Å². The number of sulfone groups is 1. The average Bonchev–Trinajstić information content (AvgIpc) is 2.82. The summed E-state index contributed by atoms with van der Waals surface area (Å²) in [5.41, 5.74) is 1.35. The van der Waals surface area contributed by atoms with Crippen LogP contribution in [0.3, 0.4) is 0 Å². The molecule has 3 rings (SSSR count). The van der Waals surface area contributed by atoms with Crippen molar-refractivity contribution in [2.75, 3.05) is 21.3 Å². The lowest BCUT2D eigenvalue weighted by Crippen LogP contribution is -2.15. The molecule has 0 aromatic heterocycles. The lowest BCUT2D eigenvalue weighted by Gasteiger charge is -2.15. The zero-order valence-electron chi connectivity index (χ0n) is 18.6. The molecule has 0 saturated heterocycles. The highest BCUT2D eigenvalue weighted by molar-refractivity contribution is 7.96. The molecule has 6 nitrogen and oxygen atoms in total. The van der Waals surface area contributed by atoms with Crippen LogP contribution in [0, 0.1) is 6.92 Å². The molecular weight excluding hydrogens is 464 g/mol. The quantitative estimate of drug-likeness (QED) is 0.314. The first-order valence-corrected chi connectivity index (χ1v) is 11.7. The lowest BCUT2D eigenvalue weighted by atomic mass is 10.1. The van der Waals surface area contributed by atoms with Gasteiger partial charge in [-0.2, -0.15) is 0 Å². The van der Waals surface area contributed by atoms with Crippen LogP contribution in [0.4, 0.5) is 0 Å². The van der Waals surface area contributed by atoms with Crippen LogP contribution >= 0.6 is 11.6 Å². The van der Waals surface area contributed by atoms with Crippen LogP contribution in [0.1, 0.15) is 21.5 Å². The van der Waals surface area contributed by atoms with Gasteiger partial charge in [-0.25, -0.2) is 8.42 Å². The second-order valence-electron chi connectivity index (χ2n) is 7.11. The summed E-state index contributed by atoms with van der Waals surface area (Å²) < 4.78 is 43.4. The van der Waals surface area contributed by atoms with E-state index < -0.39 is 20.5 Å². The molecule has 8 heteroatoms. The van der Waals surface area contributed by atoms with Crippen molar-refractivity contribution in [1.29, 1.82) is 0 Å². The summed E-state index contributed by atoms with van der Waals surface area (Å²) in [7, 11) is 0.147. The third-order valence-corrected chi connectivity index (χ3v) is 7.01. The summed E-state index contributed by atoms with van der Waals surface area (Å²) >= 11 is 5.94. The lowest BCUT2D eigenvalue weighted by molar-refractivity contribution is 0.104. The average molecular weight is 487 g/mol. The minimum Gasteiger partial charge on any atom is -0.496 e. The molecule has 0 aliphatic rings. The Hall–Kier alpha value is -3.29. The minimum absolute atomic E-state index is 0.00638. The van der Waals surface area contributed by atoms with Gasteiger partial charge in [-0.15, -0.1) is 0 Å². The number of halogens is 1. The van der Waals surface area contributed by atoms with Gasteiger partial charge in [0.25, 0.3) is 0 Å². The van der Waals surface area contributed by atoms with E-state index in [4.69, 9.17) is 25.8 Å². The van der Waals surface area contributed by atoms with Crippen LogP contribution in [0.2, 0.25) is 5.02 Å². The van der Waals surface area contributed by atoms with E-state index in [9.17, 15) is 13.2 Å². The molecule has 0 bridgehead atoms. The summed E-state index contributed by atoms with van der Waals surface area (Å²) in [4.78, 5) is 13.0. The van der Waals surface area contributed by atoms with Crippen molar-refractivity contribution in [3.8, 4) is 17.2 Å². The van der Waals surface area contributed by atoms with Crippen LogP contribution in [0.25, 0.3) is 6.08 Å². The van der Waals surface area contributed by atoms with E-state index in [1.165, 1.54) is 63.8 Å². The Morgan fingerprint density at radius 3 is 1.88 bits per heavy atom.